The van der Waals surface area contributed by atoms with Gasteiger partial charge in [-0.3, -0.25) is 4.79 Å². The molecule has 1 aliphatic carbocycles. The van der Waals surface area contributed by atoms with Crippen LogP contribution in [-0.2, 0) is 20.7 Å². The first-order valence-electron chi connectivity index (χ1n) is 11.0. The third-order valence-electron chi connectivity index (χ3n) is 5.87. The van der Waals surface area contributed by atoms with E-state index in [2.05, 4.69) is 26.5 Å². The molecule has 0 spiro atoms. The van der Waals surface area contributed by atoms with E-state index >= 15 is 0 Å². The van der Waals surface area contributed by atoms with Gasteiger partial charge >= 0.3 is 12.1 Å². The number of carbonyl (C=O) groups is 3. The Labute approximate surface area is 201 Å². The summed E-state index contributed by atoms with van der Waals surface area (Å²) in [4.78, 5) is 43.7. The van der Waals surface area contributed by atoms with Crippen molar-refractivity contribution in [3.05, 3.63) is 77.9 Å². The third kappa shape index (κ3) is 5.33. The summed E-state index contributed by atoms with van der Waals surface area (Å²) in [6.45, 7) is 0.0765. The number of alkyl carbamates (subject to hydrolysis) is 1. The van der Waals surface area contributed by atoms with E-state index in [1.54, 1.807) is 0 Å². The Morgan fingerprint density at radius 1 is 1.06 bits per heavy atom. The van der Waals surface area contributed by atoms with E-state index in [0.717, 1.165) is 22.3 Å². The number of imidazole rings is 1. The second kappa shape index (κ2) is 10.6. The molecule has 0 saturated carbocycles. The molecule has 1 aromatic heterocycles. The van der Waals surface area contributed by atoms with Gasteiger partial charge in [0.1, 0.15) is 18.7 Å². The van der Waals surface area contributed by atoms with Crippen molar-refractivity contribution in [1.29, 1.82) is 0 Å². The first kappa shape index (κ1) is 23.6. The Bertz CT molecular complexity index is 1220. The molecule has 2 amide bonds. The Morgan fingerprint density at radius 3 is 2.29 bits per heavy atom. The maximum absolute atomic E-state index is 12.8. The minimum Gasteiger partial charge on any atom is -0.480 e. The number of amides is 2. The molecule has 4 N–H and O–H groups in total. The number of carboxylic acid groups (broad SMARTS) is 1. The highest BCUT2D eigenvalue weighted by molar-refractivity contribution is 5.89. The average Bonchev–Trinajstić information content (AvgIpc) is 3.48. The van der Waals surface area contributed by atoms with Gasteiger partial charge in [-0.1, -0.05) is 48.5 Å². The molecule has 1 aliphatic rings. The number of nitrogens with one attached hydrogen (secondary N) is 3. The molecule has 2 aromatic carbocycles. The van der Waals surface area contributed by atoms with E-state index < -0.39 is 30.1 Å². The molecule has 4 rings (SSSR count). The predicted molar refractivity (Wildman–Crippen MR) is 127 cm³/mol. The Kier molecular flexibility index (Phi) is 7.12. The second-order valence-corrected chi connectivity index (χ2v) is 8.11. The first-order valence-corrected chi connectivity index (χ1v) is 11.0. The number of carboxylic acids is 1. The van der Waals surface area contributed by atoms with Gasteiger partial charge in [0, 0.05) is 30.7 Å². The van der Waals surface area contributed by atoms with E-state index in [1.165, 1.54) is 12.5 Å². The van der Waals surface area contributed by atoms with Gasteiger partial charge in [-0.25, -0.2) is 14.6 Å². The number of terminal acetylenes is 1. The van der Waals surface area contributed by atoms with Gasteiger partial charge in [-0.05, 0) is 22.3 Å². The van der Waals surface area contributed by atoms with Crippen molar-refractivity contribution in [2.45, 2.75) is 30.8 Å². The third-order valence-corrected chi connectivity index (χ3v) is 5.87. The highest BCUT2D eigenvalue weighted by Crippen LogP contribution is 2.44. The van der Waals surface area contributed by atoms with Gasteiger partial charge in [-0.15, -0.1) is 12.3 Å². The zero-order valence-electron chi connectivity index (χ0n) is 18.7. The lowest BCUT2D eigenvalue weighted by Crippen LogP contribution is -2.52. The molecule has 35 heavy (non-hydrogen) atoms. The molecule has 178 valence electrons. The summed E-state index contributed by atoms with van der Waals surface area (Å²) in [5, 5.41) is 14.2. The number of nitrogens with zero attached hydrogens (tertiary/aromatic N) is 1. The van der Waals surface area contributed by atoms with Crippen molar-refractivity contribution in [2.24, 2.45) is 0 Å². The molecule has 0 bridgehead atoms. The summed E-state index contributed by atoms with van der Waals surface area (Å²) in [7, 11) is 0. The first-order chi connectivity index (χ1) is 17.0. The van der Waals surface area contributed by atoms with Crippen molar-refractivity contribution in [1.82, 2.24) is 20.6 Å². The van der Waals surface area contributed by atoms with Crippen LogP contribution in [0, 0.1) is 12.3 Å². The lowest BCUT2D eigenvalue weighted by molar-refractivity contribution is -0.141. The molecule has 1 unspecified atom stereocenters. The molecule has 0 radical (unpaired) electrons. The second-order valence-electron chi connectivity index (χ2n) is 8.11. The van der Waals surface area contributed by atoms with E-state index in [1.807, 2.05) is 48.5 Å². The van der Waals surface area contributed by atoms with E-state index in [9.17, 15) is 19.5 Å². The van der Waals surface area contributed by atoms with Crippen LogP contribution in [0.5, 0.6) is 0 Å². The van der Waals surface area contributed by atoms with Crippen molar-refractivity contribution < 1.29 is 24.2 Å². The highest BCUT2D eigenvalue weighted by Gasteiger charge is 2.31. The zero-order valence-corrected chi connectivity index (χ0v) is 18.7. The minimum atomic E-state index is -1.28. The topological polar surface area (TPSA) is 133 Å². The predicted octanol–water partition coefficient (Wildman–Crippen LogP) is 2.45. The van der Waals surface area contributed by atoms with Crippen LogP contribution in [0.1, 0.15) is 29.2 Å². The van der Waals surface area contributed by atoms with Crippen molar-refractivity contribution in [3.63, 3.8) is 0 Å². The number of aliphatic carboxylic acids is 1. The van der Waals surface area contributed by atoms with Crippen LogP contribution in [-0.4, -0.2) is 51.7 Å². The monoisotopic (exact) mass is 472 g/mol. The van der Waals surface area contributed by atoms with E-state index in [4.69, 9.17) is 11.2 Å². The van der Waals surface area contributed by atoms with Crippen LogP contribution in [0.25, 0.3) is 11.1 Å². The Morgan fingerprint density at radius 2 is 1.71 bits per heavy atom. The van der Waals surface area contributed by atoms with Gasteiger partial charge in [0.15, 0.2) is 0 Å². The summed E-state index contributed by atoms with van der Waals surface area (Å²) < 4.78 is 5.53. The maximum Gasteiger partial charge on any atom is 0.407 e. The maximum atomic E-state index is 12.8. The number of aromatic amines is 1. The number of rotatable bonds is 9. The molecule has 0 fully saturated rings. The standard InChI is InChI=1S/C26H24N4O5/c1-2-7-22(25(32)33)29-24(31)23(12-16-13-27-15-28-16)30-26(34)35-14-21-19-10-5-3-8-17(19)18-9-4-6-11-20(18)21/h1,3-6,8-11,13,15,21-23H,7,12,14H2,(H,27,28)(H,29,31)(H,30,34)(H,32,33)/t22?,23-/m0/s1. The van der Waals surface area contributed by atoms with Crippen LogP contribution in [0.3, 0.4) is 0 Å². The summed E-state index contributed by atoms with van der Waals surface area (Å²) in [5.41, 5.74) is 4.90. The smallest absolute Gasteiger partial charge is 0.407 e. The van der Waals surface area contributed by atoms with Crippen molar-refractivity contribution in [2.75, 3.05) is 6.61 Å². The summed E-state index contributed by atoms with van der Waals surface area (Å²) >= 11 is 0. The fraction of sp³-hybridized carbons (Fsp3) is 0.231. The van der Waals surface area contributed by atoms with Crippen LogP contribution < -0.4 is 10.6 Å². The summed E-state index contributed by atoms with van der Waals surface area (Å²) in [5.74, 6) is 0.121. The number of ether oxygens (including phenoxy) is 1. The molecule has 9 heteroatoms. The van der Waals surface area contributed by atoms with Crippen molar-refractivity contribution in [3.8, 4) is 23.5 Å². The summed E-state index contributed by atoms with van der Waals surface area (Å²) in [6, 6.07) is 13.5. The van der Waals surface area contributed by atoms with Gasteiger partial charge < -0.3 is 25.5 Å². The molecular formula is C26H24N4O5. The fourth-order valence-corrected chi connectivity index (χ4v) is 4.20. The van der Waals surface area contributed by atoms with Gasteiger partial charge in [0.2, 0.25) is 5.91 Å². The SMILES string of the molecule is C#CCC(NC(=O)[C@H](Cc1cnc[nH]1)NC(=O)OCC1c2ccccc2-c2ccccc21)C(=O)O. The molecule has 2 atom stereocenters. The highest BCUT2D eigenvalue weighted by atomic mass is 16.5. The lowest BCUT2D eigenvalue weighted by atomic mass is 9.98. The molecule has 3 aromatic rings. The normalized spacial score (nSPS) is 13.6. The van der Waals surface area contributed by atoms with Gasteiger partial charge in [0.05, 0.1) is 6.33 Å². The molecule has 9 nitrogen and oxygen atoms in total. The number of hydrogen-bond acceptors (Lipinski definition) is 5. The Balaban J connectivity index is 1.45. The molecule has 0 aliphatic heterocycles. The Hall–Kier alpha value is -4.58. The largest absolute Gasteiger partial charge is 0.480 e. The van der Waals surface area contributed by atoms with E-state index in [-0.39, 0.29) is 25.4 Å². The van der Waals surface area contributed by atoms with Crippen LogP contribution in [0.2, 0.25) is 0 Å². The van der Waals surface area contributed by atoms with E-state index in [0.29, 0.717) is 5.69 Å². The molecule has 1 heterocycles. The minimum absolute atomic E-state index is 0.0540. The van der Waals surface area contributed by atoms with Crippen molar-refractivity contribution >= 4 is 18.0 Å². The quantitative estimate of drug-likeness (QED) is 0.354. The van der Waals surface area contributed by atoms with Crippen LogP contribution >= 0.6 is 0 Å². The number of aromatic nitrogens is 2. The number of hydrogen-bond donors (Lipinski definition) is 4. The molecular weight excluding hydrogens is 448 g/mol. The number of benzene rings is 2. The van der Waals surface area contributed by atoms with Crippen LogP contribution in [0.4, 0.5) is 4.79 Å². The van der Waals surface area contributed by atoms with Gasteiger partial charge in [0.25, 0.3) is 0 Å². The fourth-order valence-electron chi connectivity index (χ4n) is 4.20. The van der Waals surface area contributed by atoms with Crippen LogP contribution in [0.15, 0.2) is 61.1 Å². The average molecular weight is 473 g/mol. The molecule has 0 saturated heterocycles. The zero-order chi connectivity index (χ0) is 24.8. The number of carbonyl (C=O) groups excluding carboxylic acids is 2. The number of fused-ring (bicyclic) bond motifs is 3. The summed E-state index contributed by atoms with van der Waals surface area (Å²) in [6.07, 6.45) is 7.23. The number of H-pyrrole nitrogens is 1. The van der Waals surface area contributed by atoms with Gasteiger partial charge in [-0.2, -0.15) is 0 Å². The lowest BCUT2D eigenvalue weighted by Gasteiger charge is -2.21.